The van der Waals surface area contributed by atoms with Gasteiger partial charge in [-0.2, -0.15) is 0 Å². The highest BCUT2D eigenvalue weighted by atomic mass is 79.9. The molecular weight excluding hydrogens is 340 g/mol. The van der Waals surface area contributed by atoms with Crippen molar-refractivity contribution in [2.75, 3.05) is 11.9 Å². The number of aryl methyl sites for hydroxylation is 1. The zero-order valence-corrected chi connectivity index (χ0v) is 13.6. The number of amides is 1. The fourth-order valence-corrected chi connectivity index (χ4v) is 2.62. The smallest absolute Gasteiger partial charge is 0.255 e. The van der Waals surface area contributed by atoms with Crippen LogP contribution in [0.3, 0.4) is 0 Å². The van der Waals surface area contributed by atoms with Crippen LogP contribution < -0.4 is 10.6 Å². The maximum absolute atomic E-state index is 12.2. The van der Waals surface area contributed by atoms with Crippen molar-refractivity contribution in [3.8, 4) is 0 Å². The molecule has 0 unspecified atom stereocenters. The Labute approximate surface area is 130 Å². The van der Waals surface area contributed by atoms with Gasteiger partial charge >= 0.3 is 0 Å². The minimum atomic E-state index is -0.166. The van der Waals surface area contributed by atoms with Gasteiger partial charge in [0.15, 0.2) is 0 Å². The lowest BCUT2D eigenvalue weighted by molar-refractivity contribution is 0.0951. The van der Waals surface area contributed by atoms with Gasteiger partial charge < -0.3 is 10.6 Å². The minimum Gasteiger partial charge on any atom is -0.370 e. The molecule has 0 atom stereocenters. The first-order chi connectivity index (χ1) is 9.60. The van der Waals surface area contributed by atoms with Crippen LogP contribution in [0.2, 0.25) is 0 Å². The van der Waals surface area contributed by atoms with Crippen LogP contribution in [0.25, 0.3) is 0 Å². The van der Waals surface area contributed by atoms with Crippen molar-refractivity contribution in [3.05, 3.63) is 38.4 Å². The van der Waals surface area contributed by atoms with Crippen LogP contribution in [-0.4, -0.2) is 22.4 Å². The molecule has 5 nitrogen and oxygen atoms in total. The van der Waals surface area contributed by atoms with Gasteiger partial charge in [-0.25, -0.2) is 9.97 Å². The van der Waals surface area contributed by atoms with E-state index in [2.05, 4.69) is 36.5 Å². The van der Waals surface area contributed by atoms with E-state index in [1.807, 2.05) is 19.2 Å². The maximum atomic E-state index is 12.2. The van der Waals surface area contributed by atoms with Gasteiger partial charge in [-0.05, 0) is 35.8 Å². The molecule has 2 rings (SSSR count). The molecular formula is C13H15BrN4OS. The molecule has 0 aromatic carbocycles. The number of pyridine rings is 1. The van der Waals surface area contributed by atoms with E-state index in [1.165, 1.54) is 0 Å². The summed E-state index contributed by atoms with van der Waals surface area (Å²) in [5.41, 5.74) is 1.39. The third-order valence-electron chi connectivity index (χ3n) is 2.54. The number of carbonyl (C=O) groups is 1. The van der Waals surface area contributed by atoms with E-state index in [4.69, 9.17) is 0 Å². The molecule has 20 heavy (non-hydrogen) atoms. The summed E-state index contributed by atoms with van der Waals surface area (Å²) in [4.78, 5) is 20.8. The molecule has 0 saturated heterocycles. The van der Waals surface area contributed by atoms with Gasteiger partial charge in [0, 0.05) is 22.6 Å². The molecule has 0 fully saturated rings. The number of nitrogens with one attached hydrogen (secondary N) is 2. The van der Waals surface area contributed by atoms with Crippen molar-refractivity contribution in [3.63, 3.8) is 0 Å². The van der Waals surface area contributed by atoms with Crippen molar-refractivity contribution in [2.24, 2.45) is 0 Å². The van der Waals surface area contributed by atoms with E-state index in [0.29, 0.717) is 24.5 Å². The highest BCUT2D eigenvalue weighted by Crippen LogP contribution is 2.18. The van der Waals surface area contributed by atoms with Gasteiger partial charge in [-0.1, -0.05) is 0 Å². The fourth-order valence-electron chi connectivity index (χ4n) is 1.68. The molecule has 0 bridgehead atoms. The quantitative estimate of drug-likeness (QED) is 0.865. The van der Waals surface area contributed by atoms with Gasteiger partial charge in [-0.3, -0.25) is 4.79 Å². The normalized spacial score (nSPS) is 10.3. The zero-order chi connectivity index (χ0) is 14.5. The summed E-state index contributed by atoms with van der Waals surface area (Å²) in [6, 6.07) is 1.76. The highest BCUT2D eigenvalue weighted by molar-refractivity contribution is 9.10. The molecule has 0 saturated carbocycles. The molecule has 7 heteroatoms. The van der Waals surface area contributed by atoms with Crippen molar-refractivity contribution in [1.29, 1.82) is 0 Å². The lowest BCUT2D eigenvalue weighted by Crippen LogP contribution is -2.24. The van der Waals surface area contributed by atoms with Crippen LogP contribution in [-0.2, 0) is 6.54 Å². The molecule has 1 amide bonds. The molecule has 0 aliphatic heterocycles. The molecule has 2 heterocycles. The molecule has 106 valence electrons. The minimum absolute atomic E-state index is 0.166. The molecule has 2 aromatic rings. The third kappa shape index (κ3) is 3.77. The fraction of sp³-hybridized carbons (Fsp3) is 0.308. The maximum Gasteiger partial charge on any atom is 0.255 e. The van der Waals surface area contributed by atoms with Gasteiger partial charge in [0.05, 0.1) is 22.8 Å². The van der Waals surface area contributed by atoms with E-state index in [9.17, 15) is 4.79 Å². The molecule has 2 N–H and O–H groups in total. The number of rotatable bonds is 5. The number of hydrogen-bond donors (Lipinski definition) is 2. The van der Waals surface area contributed by atoms with Crippen LogP contribution in [0, 0.1) is 6.92 Å². The van der Waals surface area contributed by atoms with Crippen molar-refractivity contribution in [2.45, 2.75) is 20.4 Å². The molecule has 0 aliphatic rings. The van der Waals surface area contributed by atoms with Crippen LogP contribution >= 0.6 is 27.3 Å². The van der Waals surface area contributed by atoms with Gasteiger partial charge in [0.25, 0.3) is 5.91 Å². The first-order valence-electron chi connectivity index (χ1n) is 6.18. The van der Waals surface area contributed by atoms with E-state index in [1.54, 1.807) is 23.6 Å². The predicted molar refractivity (Wildman–Crippen MR) is 84.1 cm³/mol. The Kier molecular flexibility index (Phi) is 5.08. The van der Waals surface area contributed by atoms with E-state index in [0.717, 1.165) is 15.2 Å². The van der Waals surface area contributed by atoms with Crippen LogP contribution in [0.5, 0.6) is 0 Å². The van der Waals surface area contributed by atoms with Crippen LogP contribution in [0.1, 0.15) is 28.0 Å². The topological polar surface area (TPSA) is 66.9 Å². The highest BCUT2D eigenvalue weighted by Gasteiger charge is 2.13. The number of thiazole rings is 1. The number of hydrogen-bond acceptors (Lipinski definition) is 5. The zero-order valence-electron chi connectivity index (χ0n) is 11.2. The monoisotopic (exact) mass is 354 g/mol. The van der Waals surface area contributed by atoms with Gasteiger partial charge in [0.1, 0.15) is 5.82 Å². The Bertz CT molecular complexity index is 614. The molecule has 0 aliphatic carbocycles. The van der Waals surface area contributed by atoms with Gasteiger partial charge in [0.2, 0.25) is 0 Å². The lowest BCUT2D eigenvalue weighted by Gasteiger charge is -2.10. The number of aromatic nitrogens is 2. The summed E-state index contributed by atoms with van der Waals surface area (Å²) < 4.78 is 0.772. The average Bonchev–Trinajstić information content (AvgIpc) is 2.84. The molecule has 0 radical (unpaired) electrons. The summed E-state index contributed by atoms with van der Waals surface area (Å²) in [5.74, 6) is 0.420. The Balaban J connectivity index is 2.09. The largest absolute Gasteiger partial charge is 0.370 e. The predicted octanol–water partition coefficient (Wildman–Crippen LogP) is 2.97. The van der Waals surface area contributed by atoms with E-state index >= 15 is 0 Å². The van der Waals surface area contributed by atoms with E-state index < -0.39 is 0 Å². The number of nitrogens with zero attached hydrogens (tertiary/aromatic N) is 2. The Morgan fingerprint density at radius 3 is 2.95 bits per heavy atom. The second-order valence-electron chi connectivity index (χ2n) is 4.12. The SMILES string of the molecule is CCNc1ncc(Br)cc1C(=O)NCc1csc(C)n1. The lowest BCUT2D eigenvalue weighted by atomic mass is 10.2. The first-order valence-corrected chi connectivity index (χ1v) is 7.86. The van der Waals surface area contributed by atoms with Crippen molar-refractivity contribution in [1.82, 2.24) is 15.3 Å². The number of halogens is 1. The number of carbonyl (C=O) groups excluding carboxylic acids is 1. The Morgan fingerprint density at radius 1 is 1.50 bits per heavy atom. The Morgan fingerprint density at radius 2 is 2.30 bits per heavy atom. The summed E-state index contributed by atoms with van der Waals surface area (Å²) in [7, 11) is 0. The summed E-state index contributed by atoms with van der Waals surface area (Å²) in [6.07, 6.45) is 1.67. The second kappa shape index (κ2) is 6.81. The Hall–Kier alpha value is -1.47. The first kappa shape index (κ1) is 14.9. The molecule has 2 aromatic heterocycles. The second-order valence-corrected chi connectivity index (χ2v) is 6.10. The van der Waals surface area contributed by atoms with E-state index in [-0.39, 0.29) is 5.91 Å². The third-order valence-corrected chi connectivity index (χ3v) is 3.80. The summed E-state index contributed by atoms with van der Waals surface area (Å²) in [6.45, 7) is 5.03. The van der Waals surface area contributed by atoms with Crippen LogP contribution in [0.15, 0.2) is 22.1 Å². The number of anilines is 1. The average molecular weight is 355 g/mol. The van der Waals surface area contributed by atoms with Gasteiger partial charge in [-0.15, -0.1) is 11.3 Å². The van der Waals surface area contributed by atoms with Crippen molar-refractivity contribution >= 4 is 39.0 Å². The molecule has 0 spiro atoms. The standard InChI is InChI=1S/C13H15BrN4OS/c1-3-15-12-11(4-9(14)5-16-12)13(19)17-6-10-7-20-8(2)18-10/h4-5,7H,3,6H2,1-2H3,(H,15,16)(H,17,19). The van der Waals surface area contributed by atoms with Crippen LogP contribution in [0.4, 0.5) is 5.82 Å². The summed E-state index contributed by atoms with van der Waals surface area (Å²) in [5, 5.41) is 8.88. The summed E-state index contributed by atoms with van der Waals surface area (Å²) >= 11 is 4.91. The van der Waals surface area contributed by atoms with Crippen molar-refractivity contribution < 1.29 is 4.79 Å².